The quantitative estimate of drug-likeness (QED) is 0.589. The van der Waals surface area contributed by atoms with Gasteiger partial charge in [0.25, 0.3) is 0 Å². The zero-order valence-corrected chi connectivity index (χ0v) is 9.16. The third-order valence-corrected chi connectivity index (χ3v) is 1.88. The topological polar surface area (TPSA) is 49.8 Å². The zero-order chi connectivity index (χ0) is 10.8. The number of aliphatic hydroxyl groups is 1. The van der Waals surface area contributed by atoms with Crippen LogP contribution in [0.5, 0.6) is 0 Å². The van der Waals surface area contributed by atoms with E-state index in [-0.39, 0.29) is 12.5 Å². The van der Waals surface area contributed by atoms with Gasteiger partial charge in [-0.05, 0) is 13.3 Å². The molecule has 0 radical (unpaired) electrons. The first-order valence-electron chi connectivity index (χ1n) is 5.22. The van der Waals surface area contributed by atoms with Gasteiger partial charge in [0.05, 0.1) is 19.6 Å². The van der Waals surface area contributed by atoms with E-state index in [9.17, 15) is 4.79 Å². The highest BCUT2D eigenvalue weighted by Crippen LogP contribution is 1.96. The number of rotatable bonds is 8. The lowest BCUT2D eigenvalue weighted by Crippen LogP contribution is -2.34. The standard InChI is InChI=1S/C10H21NO3/c1-3-6-11(7-8-12)10(13)5-9-14-4-2/h12H,3-9H2,1-2H3. The Bertz CT molecular complexity index is 144. The molecular weight excluding hydrogens is 182 g/mol. The molecule has 4 nitrogen and oxygen atoms in total. The highest BCUT2D eigenvalue weighted by Gasteiger charge is 2.10. The van der Waals surface area contributed by atoms with Crippen LogP contribution in [0.15, 0.2) is 0 Å². The molecule has 84 valence electrons. The monoisotopic (exact) mass is 203 g/mol. The van der Waals surface area contributed by atoms with Crippen LogP contribution >= 0.6 is 0 Å². The second kappa shape index (κ2) is 8.97. The molecule has 4 heteroatoms. The normalized spacial score (nSPS) is 10.2. The maximum atomic E-state index is 11.5. The molecule has 0 aromatic carbocycles. The van der Waals surface area contributed by atoms with Crippen LogP contribution in [0.3, 0.4) is 0 Å². The van der Waals surface area contributed by atoms with E-state index in [1.807, 2.05) is 13.8 Å². The highest BCUT2D eigenvalue weighted by molar-refractivity contribution is 5.76. The van der Waals surface area contributed by atoms with E-state index in [2.05, 4.69) is 0 Å². The molecule has 0 aliphatic heterocycles. The number of aliphatic hydroxyl groups excluding tert-OH is 1. The number of ether oxygens (including phenoxy) is 1. The van der Waals surface area contributed by atoms with E-state index < -0.39 is 0 Å². The van der Waals surface area contributed by atoms with Crippen molar-refractivity contribution in [1.82, 2.24) is 4.90 Å². The molecule has 1 N–H and O–H groups in total. The van der Waals surface area contributed by atoms with Crippen molar-refractivity contribution in [2.24, 2.45) is 0 Å². The van der Waals surface area contributed by atoms with Crippen LogP contribution in [-0.2, 0) is 9.53 Å². The number of hydrogen-bond donors (Lipinski definition) is 1. The Labute approximate surface area is 85.9 Å². The molecule has 0 bridgehead atoms. The average molecular weight is 203 g/mol. The van der Waals surface area contributed by atoms with Gasteiger partial charge in [0.15, 0.2) is 0 Å². The van der Waals surface area contributed by atoms with Crippen molar-refractivity contribution < 1.29 is 14.6 Å². The number of carbonyl (C=O) groups is 1. The van der Waals surface area contributed by atoms with Crippen LogP contribution in [0, 0.1) is 0 Å². The molecule has 1 amide bonds. The van der Waals surface area contributed by atoms with E-state index in [0.29, 0.717) is 32.7 Å². The number of hydrogen-bond acceptors (Lipinski definition) is 3. The minimum Gasteiger partial charge on any atom is -0.395 e. The van der Waals surface area contributed by atoms with Gasteiger partial charge in [-0.25, -0.2) is 0 Å². The van der Waals surface area contributed by atoms with Crippen LogP contribution in [-0.4, -0.2) is 48.8 Å². The fourth-order valence-corrected chi connectivity index (χ4v) is 1.21. The Morgan fingerprint density at radius 1 is 1.36 bits per heavy atom. The molecule has 0 saturated carbocycles. The second-order valence-corrected chi connectivity index (χ2v) is 3.05. The second-order valence-electron chi connectivity index (χ2n) is 3.05. The van der Waals surface area contributed by atoms with Crippen LogP contribution in [0.2, 0.25) is 0 Å². The van der Waals surface area contributed by atoms with Gasteiger partial charge in [-0.15, -0.1) is 0 Å². The Morgan fingerprint density at radius 2 is 2.07 bits per heavy atom. The summed E-state index contributed by atoms with van der Waals surface area (Å²) in [5, 5.41) is 8.76. The van der Waals surface area contributed by atoms with Gasteiger partial charge in [-0.3, -0.25) is 4.79 Å². The van der Waals surface area contributed by atoms with Crippen molar-refractivity contribution in [3.63, 3.8) is 0 Å². The molecule has 0 atom stereocenters. The van der Waals surface area contributed by atoms with Crippen molar-refractivity contribution in [3.8, 4) is 0 Å². The minimum atomic E-state index is 0.0281. The molecule has 0 aliphatic carbocycles. The summed E-state index contributed by atoms with van der Waals surface area (Å²) in [6, 6.07) is 0. The Balaban J connectivity index is 3.76. The van der Waals surface area contributed by atoms with Crippen LogP contribution in [0.25, 0.3) is 0 Å². The summed E-state index contributed by atoms with van der Waals surface area (Å²) in [6.45, 7) is 6.20. The van der Waals surface area contributed by atoms with Gasteiger partial charge in [-0.1, -0.05) is 6.92 Å². The summed E-state index contributed by atoms with van der Waals surface area (Å²) in [5.41, 5.74) is 0. The summed E-state index contributed by atoms with van der Waals surface area (Å²) >= 11 is 0. The maximum Gasteiger partial charge on any atom is 0.224 e. The molecule has 0 aliphatic rings. The highest BCUT2D eigenvalue weighted by atomic mass is 16.5. The van der Waals surface area contributed by atoms with E-state index in [1.165, 1.54) is 0 Å². The number of amides is 1. The molecule has 0 spiro atoms. The maximum absolute atomic E-state index is 11.5. The van der Waals surface area contributed by atoms with Gasteiger partial charge >= 0.3 is 0 Å². The predicted molar refractivity (Wildman–Crippen MR) is 55.1 cm³/mol. The van der Waals surface area contributed by atoms with Gasteiger partial charge < -0.3 is 14.7 Å². The lowest BCUT2D eigenvalue weighted by molar-refractivity contribution is -0.132. The van der Waals surface area contributed by atoms with Crippen molar-refractivity contribution in [3.05, 3.63) is 0 Å². The van der Waals surface area contributed by atoms with Crippen LogP contribution in [0.4, 0.5) is 0 Å². The molecule has 0 rings (SSSR count). The lowest BCUT2D eigenvalue weighted by atomic mass is 10.3. The van der Waals surface area contributed by atoms with Gasteiger partial charge in [0, 0.05) is 19.7 Å². The Kier molecular flexibility index (Phi) is 8.57. The minimum absolute atomic E-state index is 0.0281. The summed E-state index contributed by atoms with van der Waals surface area (Å²) in [6.07, 6.45) is 1.33. The summed E-state index contributed by atoms with van der Waals surface area (Å²) in [7, 11) is 0. The van der Waals surface area contributed by atoms with E-state index >= 15 is 0 Å². The van der Waals surface area contributed by atoms with Crippen LogP contribution < -0.4 is 0 Å². The molecular formula is C10H21NO3. The third kappa shape index (κ3) is 5.94. The predicted octanol–water partition coefficient (Wildman–Crippen LogP) is 0.644. The lowest BCUT2D eigenvalue weighted by Gasteiger charge is -2.20. The molecule has 0 aromatic heterocycles. The van der Waals surface area contributed by atoms with Gasteiger partial charge in [-0.2, -0.15) is 0 Å². The molecule has 0 fully saturated rings. The molecule has 0 saturated heterocycles. The molecule has 14 heavy (non-hydrogen) atoms. The van der Waals surface area contributed by atoms with E-state index in [4.69, 9.17) is 9.84 Å². The fraction of sp³-hybridized carbons (Fsp3) is 0.900. The SMILES string of the molecule is CCCN(CCO)C(=O)CCOCC. The fourth-order valence-electron chi connectivity index (χ4n) is 1.21. The van der Waals surface area contributed by atoms with Crippen molar-refractivity contribution >= 4 is 5.91 Å². The molecule has 0 heterocycles. The molecule has 0 unspecified atom stereocenters. The third-order valence-electron chi connectivity index (χ3n) is 1.88. The molecule has 0 aromatic rings. The summed E-state index contributed by atoms with van der Waals surface area (Å²) in [5.74, 6) is 0.0642. The Hall–Kier alpha value is -0.610. The van der Waals surface area contributed by atoms with Crippen LogP contribution in [0.1, 0.15) is 26.7 Å². The smallest absolute Gasteiger partial charge is 0.224 e. The van der Waals surface area contributed by atoms with Crippen molar-refractivity contribution in [2.45, 2.75) is 26.7 Å². The summed E-state index contributed by atoms with van der Waals surface area (Å²) in [4.78, 5) is 13.2. The van der Waals surface area contributed by atoms with Crippen molar-refractivity contribution in [2.75, 3.05) is 32.9 Å². The van der Waals surface area contributed by atoms with Gasteiger partial charge in [0.2, 0.25) is 5.91 Å². The largest absolute Gasteiger partial charge is 0.395 e. The Morgan fingerprint density at radius 3 is 2.57 bits per heavy atom. The van der Waals surface area contributed by atoms with Gasteiger partial charge in [0.1, 0.15) is 0 Å². The first-order valence-corrected chi connectivity index (χ1v) is 5.22. The van der Waals surface area contributed by atoms with E-state index in [1.54, 1.807) is 4.90 Å². The summed E-state index contributed by atoms with van der Waals surface area (Å²) < 4.78 is 5.10. The van der Waals surface area contributed by atoms with Crippen molar-refractivity contribution in [1.29, 1.82) is 0 Å². The first-order chi connectivity index (χ1) is 6.76. The van der Waals surface area contributed by atoms with E-state index in [0.717, 1.165) is 6.42 Å². The first kappa shape index (κ1) is 13.4. The number of nitrogens with zero attached hydrogens (tertiary/aromatic N) is 1. The zero-order valence-electron chi connectivity index (χ0n) is 9.16. The number of carbonyl (C=O) groups excluding carboxylic acids is 1. The average Bonchev–Trinajstić information content (AvgIpc) is 2.18.